The summed E-state index contributed by atoms with van der Waals surface area (Å²) in [7, 11) is 0. The molecule has 0 atom stereocenters. The number of fused-ring (bicyclic) bond motifs is 2. The van der Waals surface area contributed by atoms with Gasteiger partial charge in [0.25, 0.3) is 0 Å². The largest absolute Gasteiger partial charge is 0.490 e. The lowest BCUT2D eigenvalue weighted by molar-refractivity contribution is -0.192. The lowest BCUT2D eigenvalue weighted by Gasteiger charge is -2.09. The number of benzene rings is 1. The van der Waals surface area contributed by atoms with E-state index in [0.717, 1.165) is 37.2 Å². The normalized spacial score (nSPS) is 12.5. The zero-order valence-corrected chi connectivity index (χ0v) is 19.1. The summed E-state index contributed by atoms with van der Waals surface area (Å²) in [4.78, 5) is 23.0. The van der Waals surface area contributed by atoms with Gasteiger partial charge in [0.15, 0.2) is 33.6 Å². The molecule has 0 fully saturated rings. The van der Waals surface area contributed by atoms with Crippen LogP contribution in [0.15, 0.2) is 28.5 Å². The van der Waals surface area contributed by atoms with Crippen LogP contribution in [0.3, 0.4) is 0 Å². The van der Waals surface area contributed by atoms with Crippen LogP contribution in [-0.2, 0) is 11.3 Å². The first kappa shape index (κ1) is 24.1. The number of rotatable bonds is 5. The van der Waals surface area contributed by atoms with Crippen LogP contribution in [0.1, 0.15) is 6.42 Å². The highest BCUT2D eigenvalue weighted by molar-refractivity contribution is 14.1. The summed E-state index contributed by atoms with van der Waals surface area (Å²) in [6.45, 7) is 1.56. The molecule has 1 aliphatic heterocycles. The summed E-state index contributed by atoms with van der Waals surface area (Å²) in [5.74, 6) is -0.876. The molecule has 0 bridgehead atoms. The number of ether oxygens (including phenoxy) is 2. The van der Waals surface area contributed by atoms with E-state index in [9.17, 15) is 13.2 Å². The third-order valence-electron chi connectivity index (χ3n) is 3.98. The van der Waals surface area contributed by atoms with Crippen LogP contribution in [0.5, 0.6) is 11.5 Å². The second-order valence-electron chi connectivity index (χ2n) is 6.16. The third kappa shape index (κ3) is 5.44. The summed E-state index contributed by atoms with van der Waals surface area (Å²) < 4.78 is 45.7. The number of halogens is 4. The van der Waals surface area contributed by atoms with E-state index in [1.807, 2.05) is 16.7 Å². The molecule has 32 heavy (non-hydrogen) atoms. The first-order chi connectivity index (χ1) is 15.1. The number of hydrogen-bond donors (Lipinski definition) is 3. The van der Waals surface area contributed by atoms with Gasteiger partial charge in [-0.05, 0) is 47.7 Å². The number of anilines is 1. The Morgan fingerprint density at radius 2 is 1.94 bits per heavy atom. The number of carboxylic acid groups (broad SMARTS) is 1. The first-order valence-electron chi connectivity index (χ1n) is 8.85. The number of nitrogens with zero attached hydrogens (tertiary/aromatic N) is 4. The van der Waals surface area contributed by atoms with Gasteiger partial charge in [0.05, 0.1) is 0 Å². The zero-order valence-electron chi connectivity index (χ0n) is 16.1. The summed E-state index contributed by atoms with van der Waals surface area (Å²) >= 11 is 3.82. The van der Waals surface area contributed by atoms with Crippen molar-refractivity contribution in [2.75, 3.05) is 19.1 Å². The van der Waals surface area contributed by atoms with Crippen molar-refractivity contribution in [3.8, 4) is 11.5 Å². The smallest absolute Gasteiger partial charge is 0.475 e. The molecule has 3 heterocycles. The minimum atomic E-state index is -5.08. The highest BCUT2D eigenvalue weighted by Gasteiger charge is 2.38. The number of aryl methyl sites for hydroxylation is 1. The molecule has 0 amide bonds. The predicted octanol–water partition coefficient (Wildman–Crippen LogP) is 2.88. The van der Waals surface area contributed by atoms with E-state index in [-0.39, 0.29) is 6.79 Å². The molecular formula is C17H16F3IN6O4S. The first-order valence-corrected chi connectivity index (χ1v) is 10.7. The topological polar surface area (TPSA) is 151 Å². The zero-order chi connectivity index (χ0) is 23.5. The van der Waals surface area contributed by atoms with Gasteiger partial charge in [-0.25, -0.2) is 19.7 Å². The van der Waals surface area contributed by atoms with Gasteiger partial charge in [-0.2, -0.15) is 13.2 Å². The van der Waals surface area contributed by atoms with Gasteiger partial charge in [-0.1, -0.05) is 11.8 Å². The second-order valence-corrected chi connectivity index (χ2v) is 8.33. The number of hydrogen-bond acceptors (Lipinski definition) is 9. The number of aromatic nitrogens is 4. The van der Waals surface area contributed by atoms with Gasteiger partial charge in [-0.3, -0.25) is 0 Å². The van der Waals surface area contributed by atoms with Crippen LogP contribution in [-0.4, -0.2) is 50.1 Å². The van der Waals surface area contributed by atoms with Crippen LogP contribution in [0.25, 0.3) is 11.2 Å². The van der Waals surface area contributed by atoms with Crippen molar-refractivity contribution in [1.29, 1.82) is 0 Å². The molecule has 1 aromatic carbocycles. The minimum absolute atomic E-state index is 0.251. The van der Waals surface area contributed by atoms with E-state index in [0.29, 0.717) is 24.4 Å². The number of aliphatic carboxylic acids is 1. The molecule has 0 unspecified atom stereocenters. The van der Waals surface area contributed by atoms with E-state index in [2.05, 4.69) is 37.5 Å². The maximum atomic E-state index is 10.6. The Labute approximate surface area is 196 Å². The molecule has 0 spiro atoms. The van der Waals surface area contributed by atoms with E-state index in [1.54, 1.807) is 0 Å². The Hall–Kier alpha value is -2.53. The highest BCUT2D eigenvalue weighted by Crippen LogP contribution is 2.41. The maximum absolute atomic E-state index is 10.6. The van der Waals surface area contributed by atoms with Gasteiger partial charge < -0.3 is 30.6 Å². The van der Waals surface area contributed by atoms with Crippen molar-refractivity contribution < 1.29 is 32.5 Å². The Balaban J connectivity index is 0.000000360. The molecule has 10 nitrogen and oxygen atoms in total. The number of imidazole rings is 1. The monoisotopic (exact) mass is 584 g/mol. The second kappa shape index (κ2) is 9.95. The van der Waals surface area contributed by atoms with Crippen LogP contribution in [0, 0.1) is 3.57 Å². The number of alkyl halides is 3. The molecule has 0 saturated heterocycles. The van der Waals surface area contributed by atoms with Crippen molar-refractivity contribution in [2.24, 2.45) is 5.73 Å². The van der Waals surface area contributed by atoms with E-state index in [4.69, 9.17) is 30.8 Å². The molecule has 0 saturated carbocycles. The Kier molecular flexibility index (Phi) is 7.50. The number of carbonyl (C=O) groups is 1. The molecule has 3 aromatic rings. The Morgan fingerprint density at radius 3 is 2.56 bits per heavy atom. The Bertz CT molecular complexity index is 1140. The summed E-state index contributed by atoms with van der Waals surface area (Å²) in [6, 6.07) is 3.93. The van der Waals surface area contributed by atoms with Gasteiger partial charge in [0, 0.05) is 15.0 Å². The highest BCUT2D eigenvalue weighted by atomic mass is 127. The van der Waals surface area contributed by atoms with Gasteiger partial charge in [-0.15, -0.1) is 0 Å². The maximum Gasteiger partial charge on any atom is 0.490 e. The molecule has 5 N–H and O–H groups in total. The van der Waals surface area contributed by atoms with Crippen molar-refractivity contribution in [1.82, 2.24) is 19.5 Å². The van der Waals surface area contributed by atoms with Gasteiger partial charge in [0.2, 0.25) is 6.79 Å². The number of nitrogen functional groups attached to an aromatic ring is 1. The van der Waals surface area contributed by atoms with Gasteiger partial charge >= 0.3 is 12.1 Å². The summed E-state index contributed by atoms with van der Waals surface area (Å²) in [5, 5.41) is 7.92. The molecule has 15 heteroatoms. The lowest BCUT2D eigenvalue weighted by Crippen LogP contribution is -2.21. The van der Waals surface area contributed by atoms with Crippen LogP contribution in [0.2, 0.25) is 0 Å². The minimum Gasteiger partial charge on any atom is -0.475 e. The molecular weight excluding hydrogens is 568 g/mol. The molecule has 172 valence electrons. The average Bonchev–Trinajstić information content (AvgIpc) is 3.31. The fraction of sp³-hybridized carbons (Fsp3) is 0.294. The SMILES string of the molecule is NCCCn1c(Sc2cc3c(cc2I)OCO3)nc2c(N)ncnc21.O=C(O)C(F)(F)F. The van der Waals surface area contributed by atoms with E-state index >= 15 is 0 Å². The van der Waals surface area contributed by atoms with E-state index < -0.39 is 12.1 Å². The standard InChI is InChI=1S/C15H15IN6O2S.C2HF3O2/c16-8-4-9-10(24-7-23-9)5-11(8)25-15-21-12-13(18)19-6-20-14(12)22(15)3-1-2-17;3-2(4,5)1(6)7/h4-6H,1-3,7,17H2,(H2,18,19,20);(H,6,7). The van der Waals surface area contributed by atoms with Crippen LogP contribution in [0.4, 0.5) is 19.0 Å². The molecule has 1 aliphatic rings. The predicted molar refractivity (Wildman–Crippen MR) is 117 cm³/mol. The quantitative estimate of drug-likeness (QED) is 0.382. The molecule has 0 radical (unpaired) electrons. The lowest BCUT2D eigenvalue weighted by atomic mass is 10.3. The summed E-state index contributed by atoms with van der Waals surface area (Å²) in [5.41, 5.74) is 13.0. The fourth-order valence-electron chi connectivity index (χ4n) is 2.54. The third-order valence-corrected chi connectivity index (χ3v) is 6.29. The van der Waals surface area contributed by atoms with Crippen molar-refractivity contribution in [2.45, 2.75) is 29.2 Å². The number of nitrogens with two attached hydrogens (primary N) is 2. The van der Waals surface area contributed by atoms with Crippen molar-refractivity contribution >= 4 is 57.3 Å². The van der Waals surface area contributed by atoms with Gasteiger partial charge in [0.1, 0.15) is 6.33 Å². The fourth-order valence-corrected chi connectivity index (χ4v) is 4.25. The van der Waals surface area contributed by atoms with Crippen molar-refractivity contribution in [3.05, 3.63) is 22.0 Å². The van der Waals surface area contributed by atoms with Crippen LogP contribution >= 0.6 is 34.4 Å². The molecule has 0 aliphatic carbocycles. The van der Waals surface area contributed by atoms with Crippen molar-refractivity contribution in [3.63, 3.8) is 0 Å². The Morgan fingerprint density at radius 1 is 1.28 bits per heavy atom. The average molecular weight is 584 g/mol. The summed E-state index contributed by atoms with van der Waals surface area (Å²) in [6.07, 6.45) is -2.81. The van der Waals surface area contributed by atoms with E-state index in [1.165, 1.54) is 18.1 Å². The molecule has 2 aromatic heterocycles. The van der Waals surface area contributed by atoms with Crippen LogP contribution < -0.4 is 20.9 Å². The molecule has 4 rings (SSSR count). The number of carboxylic acids is 1.